The fraction of sp³-hybridized carbons (Fsp3) is 0.148. The average Bonchev–Trinajstić information content (AvgIpc) is 3.62. The smallest absolute Gasteiger partial charge is 0.229 e. The number of fused-ring (bicyclic) bond motifs is 2. The highest BCUT2D eigenvalue weighted by atomic mass is 32.1. The molecule has 10 heteroatoms. The second-order valence-corrected chi connectivity index (χ2v) is 10.7. The molecule has 5 heterocycles. The Hall–Kier alpha value is -4.44. The first-order valence-corrected chi connectivity index (χ1v) is 12.5. The number of pyridine rings is 2. The van der Waals surface area contributed by atoms with Gasteiger partial charge in [-0.1, -0.05) is 26.8 Å². The molecule has 0 aliphatic rings. The van der Waals surface area contributed by atoms with Gasteiger partial charge in [-0.15, -0.1) is 11.3 Å². The number of imidazole rings is 1. The minimum Gasteiger partial charge on any atom is -0.336 e. The lowest BCUT2D eigenvalue weighted by Crippen LogP contribution is -2.27. The molecule has 0 aliphatic carbocycles. The molecule has 0 saturated carbocycles. The molecule has 0 fully saturated rings. The number of halogens is 1. The Balaban J connectivity index is 1.43. The van der Waals surface area contributed by atoms with E-state index in [1.807, 2.05) is 50.4 Å². The van der Waals surface area contributed by atoms with Crippen LogP contribution in [0.15, 0.2) is 60.4 Å². The van der Waals surface area contributed by atoms with Gasteiger partial charge >= 0.3 is 0 Å². The third-order valence-electron chi connectivity index (χ3n) is 6.02. The Morgan fingerprint density at radius 3 is 2.73 bits per heavy atom. The van der Waals surface area contributed by atoms with Gasteiger partial charge < -0.3 is 10.3 Å². The van der Waals surface area contributed by atoms with Crippen LogP contribution in [-0.2, 0) is 4.79 Å². The summed E-state index contributed by atoms with van der Waals surface area (Å²) >= 11 is 1.59. The minimum absolute atomic E-state index is 0.133. The Morgan fingerprint density at radius 1 is 1.08 bits per heavy atom. The van der Waals surface area contributed by atoms with Crippen molar-refractivity contribution in [1.29, 1.82) is 0 Å². The number of carbonyl (C=O) groups excluding carboxylic acids is 1. The monoisotopic (exact) mass is 511 g/mol. The summed E-state index contributed by atoms with van der Waals surface area (Å²) in [4.78, 5) is 30.3. The average molecular weight is 512 g/mol. The summed E-state index contributed by atoms with van der Waals surface area (Å²) in [5, 5.41) is 12.6. The van der Waals surface area contributed by atoms with Crippen LogP contribution in [0.25, 0.3) is 55.2 Å². The standard InChI is InChI=1S/C27H22FN7OS/c1-27(2,3)26(36)31-16-9-15(12-29-13-16)14-10-17-21(18(28)11-14)34-35-22(17)25-32-19-6-7-30-24(23(19)33-25)20-5-4-8-37-20/h4-13H,1-3H3,(H,31,36)(H,32,33)(H,34,35). The van der Waals surface area contributed by atoms with Gasteiger partial charge in [0.1, 0.15) is 28.2 Å². The fourth-order valence-electron chi connectivity index (χ4n) is 4.05. The summed E-state index contributed by atoms with van der Waals surface area (Å²) in [7, 11) is 0. The van der Waals surface area contributed by atoms with Crippen LogP contribution in [0.1, 0.15) is 20.8 Å². The highest BCUT2D eigenvalue weighted by Crippen LogP contribution is 2.34. The van der Waals surface area contributed by atoms with E-state index in [9.17, 15) is 4.79 Å². The summed E-state index contributed by atoms with van der Waals surface area (Å²) in [6, 6.07) is 10.9. The number of aromatic amines is 2. The van der Waals surface area contributed by atoms with Crippen molar-refractivity contribution < 1.29 is 9.18 Å². The lowest BCUT2D eigenvalue weighted by Gasteiger charge is -2.17. The number of hydrogen-bond acceptors (Lipinski definition) is 6. The molecular formula is C27H22FN7OS. The van der Waals surface area contributed by atoms with Crippen molar-refractivity contribution in [1.82, 2.24) is 30.1 Å². The van der Waals surface area contributed by atoms with Gasteiger partial charge in [-0.2, -0.15) is 5.10 Å². The van der Waals surface area contributed by atoms with Crippen molar-refractivity contribution in [2.75, 3.05) is 5.32 Å². The van der Waals surface area contributed by atoms with E-state index in [1.54, 1.807) is 36.0 Å². The predicted octanol–water partition coefficient (Wildman–Crippen LogP) is 6.42. The SMILES string of the molecule is CC(C)(C)C(=O)Nc1cncc(-c2cc(F)c3[nH]nc(-c4nc5c(-c6cccs6)nccc5[nH]4)c3c2)c1. The number of H-pyrrole nitrogens is 2. The number of thiophene rings is 1. The van der Waals surface area contributed by atoms with E-state index in [4.69, 9.17) is 4.98 Å². The largest absolute Gasteiger partial charge is 0.336 e. The van der Waals surface area contributed by atoms with Crippen molar-refractivity contribution in [3.8, 4) is 33.2 Å². The number of hydrogen-bond donors (Lipinski definition) is 3. The minimum atomic E-state index is -0.557. The van der Waals surface area contributed by atoms with Gasteiger partial charge in [-0.05, 0) is 41.3 Å². The lowest BCUT2D eigenvalue weighted by atomic mass is 9.95. The number of aromatic nitrogens is 6. The van der Waals surface area contributed by atoms with Crippen LogP contribution < -0.4 is 5.32 Å². The molecule has 1 aromatic carbocycles. The van der Waals surface area contributed by atoms with Crippen LogP contribution in [0, 0.1) is 11.2 Å². The summed E-state index contributed by atoms with van der Waals surface area (Å²) in [5.41, 5.74) is 4.33. The van der Waals surface area contributed by atoms with Crippen molar-refractivity contribution in [3.05, 3.63) is 66.2 Å². The summed E-state index contributed by atoms with van der Waals surface area (Å²) in [6.07, 6.45) is 4.93. The number of nitrogens with one attached hydrogen (secondary N) is 3. The van der Waals surface area contributed by atoms with Crippen LogP contribution >= 0.6 is 11.3 Å². The number of anilines is 1. The third-order valence-corrected chi connectivity index (χ3v) is 6.89. The van der Waals surface area contributed by atoms with E-state index in [-0.39, 0.29) is 11.4 Å². The van der Waals surface area contributed by atoms with Crippen molar-refractivity contribution in [2.45, 2.75) is 20.8 Å². The van der Waals surface area contributed by atoms with E-state index in [0.29, 0.717) is 33.7 Å². The van der Waals surface area contributed by atoms with Crippen LogP contribution in [0.5, 0.6) is 0 Å². The fourth-order valence-corrected chi connectivity index (χ4v) is 4.77. The third kappa shape index (κ3) is 4.15. The van der Waals surface area contributed by atoms with Crippen LogP contribution in [-0.4, -0.2) is 36.0 Å². The molecule has 37 heavy (non-hydrogen) atoms. The summed E-state index contributed by atoms with van der Waals surface area (Å²) in [5.74, 6) is -0.0770. The number of rotatable bonds is 4. The Bertz CT molecular complexity index is 1780. The Kier molecular flexibility index (Phi) is 5.34. The number of carbonyl (C=O) groups is 1. The van der Waals surface area contributed by atoms with Gasteiger partial charge in [-0.3, -0.25) is 19.9 Å². The maximum Gasteiger partial charge on any atom is 0.229 e. The molecule has 0 aliphatic heterocycles. The number of nitrogens with zero attached hydrogens (tertiary/aromatic N) is 4. The van der Waals surface area contributed by atoms with E-state index < -0.39 is 11.2 Å². The molecule has 0 atom stereocenters. The maximum absolute atomic E-state index is 15.2. The molecule has 1 amide bonds. The number of amides is 1. The van der Waals surface area contributed by atoms with Crippen LogP contribution in [0.2, 0.25) is 0 Å². The quantitative estimate of drug-likeness (QED) is 0.253. The van der Waals surface area contributed by atoms with Crippen molar-refractivity contribution in [2.24, 2.45) is 5.41 Å². The van der Waals surface area contributed by atoms with E-state index in [0.717, 1.165) is 21.6 Å². The highest BCUT2D eigenvalue weighted by molar-refractivity contribution is 7.13. The Morgan fingerprint density at radius 2 is 1.95 bits per heavy atom. The summed E-state index contributed by atoms with van der Waals surface area (Å²) < 4.78 is 15.2. The molecule has 184 valence electrons. The second kappa shape index (κ2) is 8.59. The van der Waals surface area contributed by atoms with Crippen LogP contribution in [0.4, 0.5) is 10.1 Å². The molecule has 6 aromatic rings. The van der Waals surface area contributed by atoms with Crippen LogP contribution in [0.3, 0.4) is 0 Å². The molecule has 8 nitrogen and oxygen atoms in total. The second-order valence-electron chi connectivity index (χ2n) is 9.74. The van der Waals surface area contributed by atoms with Gasteiger partial charge in [0.2, 0.25) is 5.91 Å². The topological polar surface area (TPSA) is 112 Å². The zero-order valence-corrected chi connectivity index (χ0v) is 21.1. The van der Waals surface area contributed by atoms with Gasteiger partial charge in [0.05, 0.1) is 22.3 Å². The molecule has 0 unspecified atom stereocenters. The predicted molar refractivity (Wildman–Crippen MR) is 144 cm³/mol. The maximum atomic E-state index is 15.2. The number of benzene rings is 1. The van der Waals surface area contributed by atoms with Gasteiger partial charge in [0, 0.05) is 28.8 Å². The normalized spacial score (nSPS) is 11.9. The molecule has 3 N–H and O–H groups in total. The Labute approximate surface area is 215 Å². The lowest BCUT2D eigenvalue weighted by molar-refractivity contribution is -0.123. The zero-order chi connectivity index (χ0) is 25.7. The first-order valence-electron chi connectivity index (χ1n) is 11.6. The van der Waals surface area contributed by atoms with E-state index in [2.05, 4.69) is 30.5 Å². The van der Waals surface area contributed by atoms with E-state index in [1.165, 1.54) is 6.07 Å². The first-order chi connectivity index (χ1) is 17.8. The molecule has 0 saturated heterocycles. The van der Waals surface area contributed by atoms with Crippen molar-refractivity contribution >= 4 is 44.9 Å². The van der Waals surface area contributed by atoms with Crippen molar-refractivity contribution in [3.63, 3.8) is 0 Å². The van der Waals surface area contributed by atoms with Gasteiger partial charge in [0.25, 0.3) is 0 Å². The molecule has 0 radical (unpaired) electrons. The summed E-state index contributed by atoms with van der Waals surface area (Å²) in [6.45, 7) is 5.50. The van der Waals surface area contributed by atoms with Gasteiger partial charge in [-0.25, -0.2) is 9.37 Å². The zero-order valence-electron chi connectivity index (χ0n) is 20.3. The first kappa shape index (κ1) is 23.0. The molecule has 0 spiro atoms. The molecular weight excluding hydrogens is 489 g/mol. The van der Waals surface area contributed by atoms with Gasteiger partial charge in [0.15, 0.2) is 5.82 Å². The molecule has 6 rings (SSSR count). The molecule has 0 bridgehead atoms. The van der Waals surface area contributed by atoms with E-state index >= 15 is 4.39 Å². The molecule has 5 aromatic heterocycles. The highest BCUT2D eigenvalue weighted by Gasteiger charge is 2.22.